The molecule has 0 radical (unpaired) electrons. The molecule has 4 rings (SSSR count). The van der Waals surface area contributed by atoms with Crippen LogP contribution in [0.1, 0.15) is 16.1 Å². The highest BCUT2D eigenvalue weighted by Crippen LogP contribution is 2.26. The molecular weight excluding hydrogens is 362 g/mol. The van der Waals surface area contributed by atoms with Crippen LogP contribution in [0.15, 0.2) is 44.9 Å². The average Bonchev–Trinajstić information content (AvgIpc) is 3.19. The van der Waals surface area contributed by atoms with Crippen molar-refractivity contribution in [2.45, 2.75) is 19.5 Å². The van der Waals surface area contributed by atoms with Crippen LogP contribution in [0, 0.1) is 0 Å². The lowest BCUT2D eigenvalue weighted by Gasteiger charge is -2.27. The summed E-state index contributed by atoms with van der Waals surface area (Å²) in [6.07, 6.45) is 4.55. The summed E-state index contributed by atoms with van der Waals surface area (Å²) in [6, 6.07) is 8.04. The molecule has 0 N–H and O–H groups in total. The highest BCUT2D eigenvalue weighted by Gasteiger charge is 2.19. The molecule has 0 spiro atoms. The van der Waals surface area contributed by atoms with Crippen LogP contribution in [0.2, 0.25) is 0 Å². The maximum atomic E-state index is 5.37. The Bertz CT molecular complexity index is 785. The zero-order valence-corrected chi connectivity index (χ0v) is 14.2. The van der Waals surface area contributed by atoms with E-state index in [9.17, 15) is 0 Å². The summed E-state index contributed by atoms with van der Waals surface area (Å²) in [7, 11) is 0. The minimum absolute atomic E-state index is 0.680. The smallest absolute Gasteiger partial charge is 0.195 e. The van der Waals surface area contributed by atoms with Gasteiger partial charge in [0.25, 0.3) is 0 Å². The first-order valence-electron chi connectivity index (χ1n) is 7.13. The molecule has 0 amide bonds. The second kappa shape index (κ2) is 5.95. The Kier molecular flexibility index (Phi) is 3.82. The minimum Gasteiger partial charge on any atom is -0.461 e. The Balaban J connectivity index is 1.52. The third-order valence-electron chi connectivity index (χ3n) is 3.76. The lowest BCUT2D eigenvalue weighted by Crippen LogP contribution is -2.30. The zero-order chi connectivity index (χ0) is 14.9. The molecule has 0 fully saturated rings. The number of hydrogen-bond donors (Lipinski definition) is 0. The zero-order valence-electron chi connectivity index (χ0n) is 11.8. The van der Waals surface area contributed by atoms with Gasteiger partial charge in [-0.1, -0.05) is 0 Å². The Morgan fingerprint density at radius 3 is 3.05 bits per heavy atom. The first-order chi connectivity index (χ1) is 10.8. The predicted octanol–water partition coefficient (Wildman–Crippen LogP) is 4.12. The van der Waals surface area contributed by atoms with Gasteiger partial charge in [-0.2, -0.15) is 0 Å². The van der Waals surface area contributed by atoms with Crippen molar-refractivity contribution < 1.29 is 4.42 Å². The molecule has 0 aliphatic carbocycles. The molecule has 0 unspecified atom stereocenters. The van der Waals surface area contributed by atoms with Gasteiger partial charge in [0, 0.05) is 42.7 Å². The molecule has 4 heterocycles. The largest absolute Gasteiger partial charge is 0.461 e. The number of fused-ring (bicyclic) bond motifs is 1. The van der Waals surface area contributed by atoms with E-state index in [1.165, 1.54) is 14.2 Å². The van der Waals surface area contributed by atoms with Gasteiger partial charge in [-0.05, 0) is 40.2 Å². The van der Waals surface area contributed by atoms with Gasteiger partial charge in [0.15, 0.2) is 11.6 Å². The quantitative estimate of drug-likeness (QED) is 0.690. The molecule has 1 aliphatic rings. The fourth-order valence-electron chi connectivity index (χ4n) is 2.69. The van der Waals surface area contributed by atoms with Gasteiger partial charge in [0.1, 0.15) is 0 Å². The molecular formula is C16H14BrN3OS. The van der Waals surface area contributed by atoms with Crippen LogP contribution in [0.5, 0.6) is 0 Å². The van der Waals surface area contributed by atoms with Gasteiger partial charge < -0.3 is 4.42 Å². The van der Waals surface area contributed by atoms with Crippen molar-refractivity contribution >= 4 is 27.3 Å². The van der Waals surface area contributed by atoms with Gasteiger partial charge in [0.05, 0.1) is 15.7 Å². The molecule has 0 saturated heterocycles. The maximum absolute atomic E-state index is 5.37. The topological polar surface area (TPSA) is 42.2 Å². The molecule has 0 bridgehead atoms. The number of rotatable bonds is 3. The lowest BCUT2D eigenvalue weighted by atomic mass is 10.1. The Hall–Kier alpha value is -1.50. The van der Waals surface area contributed by atoms with Gasteiger partial charge >= 0.3 is 0 Å². The molecule has 6 heteroatoms. The molecule has 0 aromatic carbocycles. The average molecular weight is 376 g/mol. The first kappa shape index (κ1) is 14.1. The van der Waals surface area contributed by atoms with E-state index < -0.39 is 0 Å². The van der Waals surface area contributed by atoms with Crippen molar-refractivity contribution in [2.24, 2.45) is 0 Å². The Morgan fingerprint density at radius 1 is 1.32 bits per heavy atom. The number of hydrogen-bond acceptors (Lipinski definition) is 5. The van der Waals surface area contributed by atoms with Gasteiger partial charge in [0.2, 0.25) is 0 Å². The highest BCUT2D eigenvalue weighted by atomic mass is 79.9. The van der Waals surface area contributed by atoms with E-state index in [1.807, 2.05) is 18.3 Å². The van der Waals surface area contributed by atoms with Crippen molar-refractivity contribution in [1.29, 1.82) is 0 Å². The summed E-state index contributed by atoms with van der Waals surface area (Å²) in [5.74, 6) is 1.41. The lowest BCUT2D eigenvalue weighted by molar-refractivity contribution is 0.245. The molecule has 3 aromatic rings. The van der Waals surface area contributed by atoms with E-state index in [2.05, 4.69) is 42.9 Å². The molecule has 0 saturated carbocycles. The van der Waals surface area contributed by atoms with Crippen LogP contribution < -0.4 is 0 Å². The minimum atomic E-state index is 0.680. The van der Waals surface area contributed by atoms with Crippen molar-refractivity contribution in [3.63, 3.8) is 0 Å². The standard InChI is InChI=1S/C16H14BrN3OS/c17-15-4-3-12(22-15)10-20-6-5-13-11(9-20)8-18-16(19-13)14-2-1-7-21-14/h1-4,7-8H,5-6,9-10H2. The number of nitrogens with zero attached hydrogens (tertiary/aromatic N) is 3. The van der Waals surface area contributed by atoms with Crippen LogP contribution in [0.25, 0.3) is 11.6 Å². The second-order valence-corrected chi connectivity index (χ2v) is 7.86. The summed E-state index contributed by atoms with van der Waals surface area (Å²) < 4.78 is 6.56. The SMILES string of the molecule is Brc1ccc(CN2CCc3nc(-c4ccco4)ncc3C2)s1. The Labute approximate surface area is 141 Å². The molecule has 0 atom stereocenters. The normalized spacial score (nSPS) is 15.0. The highest BCUT2D eigenvalue weighted by molar-refractivity contribution is 9.11. The van der Waals surface area contributed by atoms with Crippen LogP contribution >= 0.6 is 27.3 Å². The number of furan rings is 1. The van der Waals surface area contributed by atoms with Crippen molar-refractivity contribution in [2.75, 3.05) is 6.54 Å². The van der Waals surface area contributed by atoms with Crippen molar-refractivity contribution in [1.82, 2.24) is 14.9 Å². The van der Waals surface area contributed by atoms with E-state index in [1.54, 1.807) is 17.6 Å². The van der Waals surface area contributed by atoms with Gasteiger partial charge in [-0.15, -0.1) is 11.3 Å². The van der Waals surface area contributed by atoms with Crippen LogP contribution in [-0.2, 0) is 19.5 Å². The predicted molar refractivity (Wildman–Crippen MR) is 89.6 cm³/mol. The van der Waals surface area contributed by atoms with E-state index >= 15 is 0 Å². The number of aromatic nitrogens is 2. The van der Waals surface area contributed by atoms with Gasteiger partial charge in [-0.3, -0.25) is 4.90 Å². The molecule has 22 heavy (non-hydrogen) atoms. The third kappa shape index (κ3) is 2.86. The van der Waals surface area contributed by atoms with E-state index in [0.29, 0.717) is 5.82 Å². The maximum Gasteiger partial charge on any atom is 0.195 e. The van der Waals surface area contributed by atoms with E-state index in [-0.39, 0.29) is 0 Å². The van der Waals surface area contributed by atoms with E-state index in [0.717, 1.165) is 37.5 Å². The molecule has 1 aliphatic heterocycles. The Morgan fingerprint density at radius 2 is 2.27 bits per heavy atom. The van der Waals surface area contributed by atoms with Crippen molar-refractivity contribution in [3.8, 4) is 11.6 Å². The van der Waals surface area contributed by atoms with Crippen LogP contribution in [0.3, 0.4) is 0 Å². The van der Waals surface area contributed by atoms with Crippen molar-refractivity contribution in [3.05, 3.63) is 56.6 Å². The first-order valence-corrected chi connectivity index (χ1v) is 8.74. The van der Waals surface area contributed by atoms with E-state index in [4.69, 9.17) is 4.42 Å². The fraction of sp³-hybridized carbons (Fsp3) is 0.250. The summed E-state index contributed by atoms with van der Waals surface area (Å²) in [5.41, 5.74) is 2.36. The van der Waals surface area contributed by atoms with Crippen LogP contribution in [0.4, 0.5) is 0 Å². The summed E-state index contributed by atoms with van der Waals surface area (Å²) in [6.45, 7) is 2.91. The fourth-order valence-corrected chi connectivity index (χ4v) is 4.22. The molecule has 4 nitrogen and oxygen atoms in total. The monoisotopic (exact) mass is 375 g/mol. The number of thiophene rings is 1. The second-order valence-electron chi connectivity index (χ2n) is 5.31. The molecule has 3 aromatic heterocycles. The summed E-state index contributed by atoms with van der Waals surface area (Å²) >= 11 is 5.32. The molecule has 112 valence electrons. The van der Waals surface area contributed by atoms with Gasteiger partial charge in [-0.25, -0.2) is 9.97 Å². The summed E-state index contributed by atoms with van der Waals surface area (Å²) in [5, 5.41) is 0. The summed E-state index contributed by atoms with van der Waals surface area (Å²) in [4.78, 5) is 12.9. The van der Waals surface area contributed by atoms with Crippen LogP contribution in [-0.4, -0.2) is 21.4 Å². The number of halogens is 1. The third-order valence-corrected chi connectivity index (χ3v) is 5.37.